The van der Waals surface area contributed by atoms with Gasteiger partial charge in [0.1, 0.15) is 6.04 Å². The fourth-order valence-electron chi connectivity index (χ4n) is 1.07. The Kier molecular flexibility index (Phi) is 3.54. The average Bonchev–Trinajstić information content (AvgIpc) is 2.20. The normalized spacial score (nSPS) is 12.2. The molecule has 0 saturated heterocycles. The Hall–Kier alpha value is -1.27. The fourth-order valence-corrected chi connectivity index (χ4v) is 1.53. The van der Waals surface area contributed by atoms with E-state index in [1.165, 1.54) is 19.2 Å². The van der Waals surface area contributed by atoms with E-state index >= 15 is 0 Å². The first-order chi connectivity index (χ1) is 6.97. The van der Waals surface area contributed by atoms with E-state index in [1.54, 1.807) is 0 Å². The van der Waals surface area contributed by atoms with Gasteiger partial charge >= 0.3 is 5.97 Å². The molecule has 1 atom stereocenters. The number of carbonyl (C=O) groups is 1. The highest BCUT2D eigenvalue weighted by Gasteiger charge is 2.18. The molecule has 82 valence electrons. The summed E-state index contributed by atoms with van der Waals surface area (Å²) in [5.41, 5.74) is 5.77. The number of phenolic OH excluding ortho intramolecular Hbond substituents is 1. The number of carboxylic acid groups (broad SMARTS) is 1. The summed E-state index contributed by atoms with van der Waals surface area (Å²) in [5, 5.41) is 18.2. The number of rotatable bonds is 3. The average molecular weight is 276 g/mol. The van der Waals surface area contributed by atoms with Crippen molar-refractivity contribution >= 4 is 21.9 Å². The minimum Gasteiger partial charge on any atom is -0.503 e. The van der Waals surface area contributed by atoms with Crippen LogP contribution in [0.4, 0.5) is 0 Å². The molecular formula is C9H10BrNO4. The van der Waals surface area contributed by atoms with Crippen LogP contribution in [0.25, 0.3) is 0 Å². The molecule has 0 bridgehead atoms. The Bertz CT molecular complexity index is 394. The van der Waals surface area contributed by atoms with Gasteiger partial charge in [0.25, 0.3) is 0 Å². The summed E-state index contributed by atoms with van der Waals surface area (Å²) in [6.45, 7) is 0. The van der Waals surface area contributed by atoms with Crippen LogP contribution in [0, 0.1) is 0 Å². The minimum absolute atomic E-state index is 0.0844. The lowest BCUT2D eigenvalue weighted by molar-refractivity contribution is -0.138. The summed E-state index contributed by atoms with van der Waals surface area (Å²) < 4.78 is 5.21. The van der Waals surface area contributed by atoms with Gasteiger partial charge in [-0.05, 0) is 33.6 Å². The molecule has 0 radical (unpaired) electrons. The van der Waals surface area contributed by atoms with Gasteiger partial charge in [-0.1, -0.05) is 0 Å². The van der Waals surface area contributed by atoms with Gasteiger partial charge in [0.2, 0.25) is 0 Å². The number of phenols is 1. The van der Waals surface area contributed by atoms with Gasteiger partial charge < -0.3 is 20.7 Å². The molecule has 6 heteroatoms. The van der Waals surface area contributed by atoms with Crippen molar-refractivity contribution < 1.29 is 19.7 Å². The number of nitrogens with two attached hydrogens (primary N) is 1. The smallest absolute Gasteiger partial charge is 0.325 e. The minimum atomic E-state index is -1.14. The van der Waals surface area contributed by atoms with Gasteiger partial charge in [0, 0.05) is 0 Å². The maximum absolute atomic E-state index is 10.7. The van der Waals surface area contributed by atoms with Gasteiger partial charge in [0.05, 0.1) is 11.6 Å². The number of aromatic hydroxyl groups is 1. The Morgan fingerprint density at radius 1 is 1.60 bits per heavy atom. The Morgan fingerprint density at radius 3 is 2.67 bits per heavy atom. The summed E-state index contributed by atoms with van der Waals surface area (Å²) >= 11 is 3.08. The third-order valence-corrected chi connectivity index (χ3v) is 2.50. The molecule has 5 nitrogen and oxygen atoms in total. The van der Waals surface area contributed by atoms with E-state index in [-0.39, 0.29) is 11.5 Å². The van der Waals surface area contributed by atoms with Gasteiger partial charge in [-0.25, -0.2) is 0 Å². The molecule has 0 heterocycles. The molecule has 0 aromatic heterocycles. The molecule has 0 aliphatic heterocycles. The van der Waals surface area contributed by atoms with E-state index < -0.39 is 12.0 Å². The first kappa shape index (κ1) is 11.8. The van der Waals surface area contributed by atoms with Crippen LogP contribution in [0.2, 0.25) is 0 Å². The van der Waals surface area contributed by atoms with Crippen LogP contribution in [0.3, 0.4) is 0 Å². The van der Waals surface area contributed by atoms with Crippen LogP contribution in [0.15, 0.2) is 16.6 Å². The van der Waals surface area contributed by atoms with Crippen LogP contribution in [0.1, 0.15) is 11.6 Å². The van der Waals surface area contributed by atoms with Crippen molar-refractivity contribution in [2.24, 2.45) is 5.73 Å². The van der Waals surface area contributed by atoms with Crippen molar-refractivity contribution in [1.82, 2.24) is 0 Å². The zero-order chi connectivity index (χ0) is 11.6. The van der Waals surface area contributed by atoms with Gasteiger partial charge in [0.15, 0.2) is 11.5 Å². The number of aliphatic carboxylic acids is 1. The SMILES string of the molecule is COc1cc(C(N)C(=O)O)cc(Br)c1O. The number of hydrogen-bond acceptors (Lipinski definition) is 4. The lowest BCUT2D eigenvalue weighted by atomic mass is 10.1. The van der Waals surface area contributed by atoms with Crippen molar-refractivity contribution in [3.8, 4) is 11.5 Å². The van der Waals surface area contributed by atoms with Gasteiger partial charge in [-0.3, -0.25) is 4.79 Å². The van der Waals surface area contributed by atoms with E-state index in [4.69, 9.17) is 15.6 Å². The van der Waals surface area contributed by atoms with E-state index in [2.05, 4.69) is 15.9 Å². The predicted octanol–water partition coefficient (Wildman–Crippen LogP) is 1.25. The standard InChI is InChI=1S/C9H10BrNO4/c1-15-6-3-4(7(11)9(13)14)2-5(10)8(6)12/h2-3,7,12H,11H2,1H3,(H,13,14). The third-order valence-electron chi connectivity index (χ3n) is 1.90. The Morgan fingerprint density at radius 2 is 2.20 bits per heavy atom. The van der Waals surface area contributed by atoms with Crippen molar-refractivity contribution in [3.05, 3.63) is 22.2 Å². The van der Waals surface area contributed by atoms with Crippen LogP contribution < -0.4 is 10.5 Å². The van der Waals surface area contributed by atoms with Crippen molar-refractivity contribution in [2.45, 2.75) is 6.04 Å². The van der Waals surface area contributed by atoms with E-state index in [0.717, 1.165) is 0 Å². The van der Waals surface area contributed by atoms with Gasteiger partial charge in [-0.15, -0.1) is 0 Å². The number of halogens is 1. The lowest BCUT2D eigenvalue weighted by Crippen LogP contribution is -2.20. The summed E-state index contributed by atoms with van der Waals surface area (Å²) in [6, 6.07) is 1.69. The Balaban J connectivity index is 3.22. The van der Waals surface area contributed by atoms with E-state index in [1.807, 2.05) is 0 Å². The molecule has 15 heavy (non-hydrogen) atoms. The molecule has 0 fully saturated rings. The Labute approximate surface area is 94.6 Å². The molecule has 1 aromatic carbocycles. The molecule has 1 aromatic rings. The molecule has 0 saturated carbocycles. The number of carboxylic acids is 1. The number of ether oxygens (including phenoxy) is 1. The molecule has 0 aliphatic rings. The first-order valence-corrected chi connectivity index (χ1v) is 4.81. The van der Waals surface area contributed by atoms with Crippen LogP contribution in [0.5, 0.6) is 11.5 Å². The monoisotopic (exact) mass is 275 g/mol. The van der Waals surface area contributed by atoms with Crippen molar-refractivity contribution in [3.63, 3.8) is 0 Å². The highest BCUT2D eigenvalue weighted by atomic mass is 79.9. The second-order valence-electron chi connectivity index (χ2n) is 2.87. The number of benzene rings is 1. The molecule has 1 unspecified atom stereocenters. The molecule has 0 aliphatic carbocycles. The zero-order valence-electron chi connectivity index (χ0n) is 7.90. The van der Waals surface area contributed by atoms with Crippen LogP contribution in [-0.4, -0.2) is 23.3 Å². The third kappa shape index (κ3) is 2.40. The largest absolute Gasteiger partial charge is 0.503 e. The quantitative estimate of drug-likeness (QED) is 0.772. The zero-order valence-corrected chi connectivity index (χ0v) is 9.48. The highest BCUT2D eigenvalue weighted by molar-refractivity contribution is 9.10. The van der Waals surface area contributed by atoms with Crippen molar-refractivity contribution in [2.75, 3.05) is 7.11 Å². The maximum Gasteiger partial charge on any atom is 0.325 e. The highest BCUT2D eigenvalue weighted by Crippen LogP contribution is 2.36. The second kappa shape index (κ2) is 4.50. The molecule has 0 spiro atoms. The molecule has 4 N–H and O–H groups in total. The van der Waals surface area contributed by atoms with Gasteiger partial charge in [-0.2, -0.15) is 0 Å². The van der Waals surface area contributed by atoms with Crippen molar-refractivity contribution in [1.29, 1.82) is 0 Å². The number of hydrogen-bond donors (Lipinski definition) is 3. The molecular weight excluding hydrogens is 266 g/mol. The van der Waals surface area contributed by atoms with E-state index in [0.29, 0.717) is 10.0 Å². The summed E-state index contributed by atoms with van der Waals surface area (Å²) in [6.07, 6.45) is 0. The maximum atomic E-state index is 10.7. The van der Waals surface area contributed by atoms with Crippen LogP contribution in [-0.2, 0) is 4.79 Å². The predicted molar refractivity (Wildman–Crippen MR) is 56.9 cm³/mol. The lowest BCUT2D eigenvalue weighted by Gasteiger charge is -2.11. The molecule has 0 amide bonds. The number of methoxy groups -OCH3 is 1. The summed E-state index contributed by atoms with van der Waals surface area (Å²) in [5.74, 6) is -1.05. The fraction of sp³-hybridized carbons (Fsp3) is 0.222. The second-order valence-corrected chi connectivity index (χ2v) is 3.72. The van der Waals surface area contributed by atoms with E-state index in [9.17, 15) is 9.90 Å². The molecule has 1 rings (SSSR count). The summed E-state index contributed by atoms with van der Waals surface area (Å²) in [7, 11) is 1.37. The summed E-state index contributed by atoms with van der Waals surface area (Å²) in [4.78, 5) is 10.7. The topological polar surface area (TPSA) is 92.8 Å². The van der Waals surface area contributed by atoms with Crippen LogP contribution >= 0.6 is 15.9 Å². The first-order valence-electron chi connectivity index (χ1n) is 4.02.